The number of rotatable bonds is 1. The number of fused-ring (bicyclic) bond motifs is 4. The lowest BCUT2D eigenvalue weighted by Crippen LogP contribution is -2.64. The number of carbonyl (C=O) groups excluding carboxylic acids is 1. The molecule has 2 aliphatic heterocycles. The zero-order chi connectivity index (χ0) is 18.1. The minimum atomic E-state index is -0.599. The smallest absolute Gasteiger partial charge is 0.241 e. The van der Waals surface area contributed by atoms with Crippen LogP contribution < -0.4 is 9.80 Å². The SMILES string of the molecule is CN1C(=O)C2(CN(c3ccccc3)C2)c2c1cnc1cc(F)c(Br)cc21. The highest BCUT2D eigenvalue weighted by molar-refractivity contribution is 9.10. The fraction of sp³-hybridized carbons (Fsp3) is 0.200. The second kappa shape index (κ2) is 5.27. The molecule has 5 rings (SSSR count). The van der Waals surface area contributed by atoms with Gasteiger partial charge in [-0.2, -0.15) is 0 Å². The van der Waals surface area contributed by atoms with Gasteiger partial charge in [-0.1, -0.05) is 18.2 Å². The van der Waals surface area contributed by atoms with Gasteiger partial charge in [0.15, 0.2) is 0 Å². The van der Waals surface area contributed by atoms with Crippen LogP contribution in [0, 0.1) is 5.82 Å². The molecule has 0 atom stereocenters. The molecule has 6 heteroatoms. The molecule has 1 spiro atoms. The van der Waals surface area contributed by atoms with Gasteiger partial charge in [0, 0.05) is 42.8 Å². The average Bonchev–Trinajstić information content (AvgIpc) is 2.84. The highest BCUT2D eigenvalue weighted by Gasteiger charge is 2.58. The quantitative estimate of drug-likeness (QED) is 0.609. The van der Waals surface area contributed by atoms with E-state index in [-0.39, 0.29) is 11.7 Å². The van der Waals surface area contributed by atoms with Crippen molar-refractivity contribution >= 4 is 44.1 Å². The average molecular weight is 412 g/mol. The van der Waals surface area contributed by atoms with Gasteiger partial charge in [0.05, 0.1) is 21.9 Å². The van der Waals surface area contributed by atoms with Gasteiger partial charge in [-0.25, -0.2) is 4.39 Å². The highest BCUT2D eigenvalue weighted by atomic mass is 79.9. The van der Waals surface area contributed by atoms with E-state index in [1.54, 1.807) is 24.2 Å². The van der Waals surface area contributed by atoms with Crippen LogP contribution >= 0.6 is 15.9 Å². The summed E-state index contributed by atoms with van der Waals surface area (Å²) < 4.78 is 14.3. The van der Waals surface area contributed by atoms with Crippen LogP contribution in [0.25, 0.3) is 10.9 Å². The first-order valence-electron chi connectivity index (χ1n) is 8.38. The standard InChI is InChI=1S/C20H15BrFN3O/c1-24-17-9-23-16-8-15(22)14(21)7-13(16)18(17)20(19(24)26)10-25(11-20)12-5-3-2-4-6-12/h2-9H,10-11H2,1H3. The van der Waals surface area contributed by atoms with Crippen molar-refractivity contribution in [1.82, 2.24) is 4.98 Å². The Morgan fingerprint density at radius 1 is 1.19 bits per heavy atom. The first kappa shape index (κ1) is 15.8. The van der Waals surface area contributed by atoms with Crippen molar-refractivity contribution in [1.29, 1.82) is 0 Å². The second-order valence-electron chi connectivity index (χ2n) is 6.94. The van der Waals surface area contributed by atoms with Crippen LogP contribution in [0.2, 0.25) is 0 Å². The zero-order valence-corrected chi connectivity index (χ0v) is 15.6. The Balaban J connectivity index is 1.67. The largest absolute Gasteiger partial charge is 0.369 e. The number of halogens is 2. The van der Waals surface area contributed by atoms with Crippen molar-refractivity contribution in [2.75, 3.05) is 29.9 Å². The molecule has 0 radical (unpaired) electrons. The number of hydrogen-bond donors (Lipinski definition) is 0. The van der Waals surface area contributed by atoms with E-state index in [0.29, 0.717) is 23.1 Å². The van der Waals surface area contributed by atoms with Crippen LogP contribution in [0.1, 0.15) is 5.56 Å². The molecule has 2 aliphatic rings. The van der Waals surface area contributed by atoms with Gasteiger partial charge in [-0.15, -0.1) is 0 Å². The predicted octanol–water partition coefficient (Wildman–Crippen LogP) is 3.87. The van der Waals surface area contributed by atoms with Gasteiger partial charge >= 0.3 is 0 Å². The number of aromatic nitrogens is 1. The van der Waals surface area contributed by atoms with Crippen molar-refractivity contribution < 1.29 is 9.18 Å². The maximum atomic E-state index is 14.0. The number of pyridine rings is 1. The van der Waals surface area contributed by atoms with Crippen LogP contribution in [0.5, 0.6) is 0 Å². The number of amides is 1. The Bertz CT molecular complexity index is 1060. The van der Waals surface area contributed by atoms with E-state index < -0.39 is 5.41 Å². The predicted molar refractivity (Wildman–Crippen MR) is 103 cm³/mol. The Morgan fingerprint density at radius 3 is 2.65 bits per heavy atom. The molecular formula is C20H15BrFN3O. The molecule has 130 valence electrons. The number of carbonyl (C=O) groups is 1. The summed E-state index contributed by atoms with van der Waals surface area (Å²) in [7, 11) is 1.78. The lowest BCUT2D eigenvalue weighted by molar-refractivity contribution is -0.123. The lowest BCUT2D eigenvalue weighted by atomic mass is 9.73. The van der Waals surface area contributed by atoms with Crippen molar-refractivity contribution in [2.45, 2.75) is 5.41 Å². The minimum absolute atomic E-state index is 0.0782. The molecular weight excluding hydrogens is 397 g/mol. The molecule has 1 fully saturated rings. The third kappa shape index (κ3) is 1.93. The van der Waals surface area contributed by atoms with Crippen LogP contribution in [0.4, 0.5) is 15.8 Å². The fourth-order valence-corrected chi connectivity index (χ4v) is 4.53. The molecule has 0 aliphatic carbocycles. The lowest BCUT2D eigenvalue weighted by Gasteiger charge is -2.48. The molecule has 2 aromatic carbocycles. The Labute approximate surface area is 158 Å². The van der Waals surface area contributed by atoms with E-state index in [4.69, 9.17) is 0 Å². The fourth-order valence-electron chi connectivity index (χ4n) is 4.19. The number of para-hydroxylation sites is 1. The van der Waals surface area contributed by atoms with Crippen molar-refractivity contribution in [3.8, 4) is 0 Å². The van der Waals surface area contributed by atoms with E-state index in [0.717, 1.165) is 22.3 Å². The summed E-state index contributed by atoms with van der Waals surface area (Å²) in [6.45, 7) is 1.22. The van der Waals surface area contributed by atoms with E-state index >= 15 is 0 Å². The number of benzene rings is 2. The maximum Gasteiger partial charge on any atom is 0.241 e. The van der Waals surface area contributed by atoms with Crippen molar-refractivity contribution in [3.63, 3.8) is 0 Å². The van der Waals surface area contributed by atoms with Gasteiger partial charge in [0.25, 0.3) is 0 Å². The molecule has 26 heavy (non-hydrogen) atoms. The van der Waals surface area contributed by atoms with Gasteiger partial charge in [-0.05, 0) is 34.1 Å². The molecule has 3 heterocycles. The van der Waals surface area contributed by atoms with E-state index in [1.807, 2.05) is 30.3 Å². The van der Waals surface area contributed by atoms with Gasteiger partial charge in [-0.3, -0.25) is 9.78 Å². The normalized spacial score (nSPS) is 17.7. The topological polar surface area (TPSA) is 36.4 Å². The van der Waals surface area contributed by atoms with E-state index in [1.165, 1.54) is 6.07 Å². The van der Waals surface area contributed by atoms with E-state index in [2.05, 4.69) is 25.8 Å². The Hall–Kier alpha value is -2.47. The second-order valence-corrected chi connectivity index (χ2v) is 7.79. The number of likely N-dealkylation sites (N-methyl/N-ethyl adjacent to an activating group) is 1. The molecule has 1 saturated heterocycles. The number of hydrogen-bond acceptors (Lipinski definition) is 3. The number of nitrogens with zero attached hydrogens (tertiary/aromatic N) is 3. The maximum absolute atomic E-state index is 14.0. The van der Waals surface area contributed by atoms with Gasteiger partial charge in [0.1, 0.15) is 11.2 Å². The summed E-state index contributed by atoms with van der Waals surface area (Å²) >= 11 is 3.27. The Kier molecular flexibility index (Phi) is 3.19. The third-order valence-electron chi connectivity index (χ3n) is 5.49. The summed E-state index contributed by atoms with van der Waals surface area (Å²) in [6, 6.07) is 13.2. The van der Waals surface area contributed by atoms with E-state index in [9.17, 15) is 9.18 Å². The zero-order valence-electron chi connectivity index (χ0n) is 14.0. The summed E-state index contributed by atoms with van der Waals surface area (Å²) in [6.07, 6.45) is 1.68. The van der Waals surface area contributed by atoms with Crippen LogP contribution in [-0.2, 0) is 10.2 Å². The van der Waals surface area contributed by atoms with Gasteiger partial charge in [0.2, 0.25) is 5.91 Å². The first-order chi connectivity index (χ1) is 12.5. The van der Waals surface area contributed by atoms with Crippen LogP contribution in [0.3, 0.4) is 0 Å². The first-order valence-corrected chi connectivity index (χ1v) is 9.17. The molecule has 0 bridgehead atoms. The molecule has 0 unspecified atom stereocenters. The van der Waals surface area contributed by atoms with Crippen molar-refractivity contribution in [3.05, 3.63) is 64.5 Å². The highest BCUT2D eigenvalue weighted by Crippen LogP contribution is 2.50. The molecule has 1 aromatic heterocycles. The molecule has 3 aromatic rings. The van der Waals surface area contributed by atoms with Crippen LogP contribution in [0.15, 0.2) is 53.1 Å². The van der Waals surface area contributed by atoms with Gasteiger partial charge < -0.3 is 9.80 Å². The third-order valence-corrected chi connectivity index (χ3v) is 6.09. The molecule has 0 N–H and O–H groups in total. The minimum Gasteiger partial charge on any atom is -0.369 e. The van der Waals surface area contributed by atoms with Crippen molar-refractivity contribution in [2.24, 2.45) is 0 Å². The Morgan fingerprint density at radius 2 is 1.92 bits per heavy atom. The summed E-state index contributed by atoms with van der Waals surface area (Å²) in [5.41, 5.74) is 2.85. The number of anilines is 2. The molecule has 1 amide bonds. The molecule has 4 nitrogen and oxygen atoms in total. The summed E-state index contributed by atoms with van der Waals surface area (Å²) in [5.74, 6) is -0.273. The summed E-state index contributed by atoms with van der Waals surface area (Å²) in [5, 5.41) is 0.834. The summed E-state index contributed by atoms with van der Waals surface area (Å²) in [4.78, 5) is 21.4. The van der Waals surface area contributed by atoms with Crippen LogP contribution in [-0.4, -0.2) is 31.0 Å². The monoisotopic (exact) mass is 411 g/mol. The molecule has 0 saturated carbocycles.